The molecule has 3 heterocycles. The van der Waals surface area contributed by atoms with Gasteiger partial charge in [0.2, 0.25) is 11.7 Å². The van der Waals surface area contributed by atoms with Crippen molar-refractivity contribution in [2.24, 2.45) is 5.41 Å². The van der Waals surface area contributed by atoms with E-state index in [9.17, 15) is 0 Å². The van der Waals surface area contributed by atoms with Gasteiger partial charge in [0, 0.05) is 37.7 Å². The van der Waals surface area contributed by atoms with Gasteiger partial charge in [-0.1, -0.05) is 29.4 Å². The monoisotopic (exact) mass is 340 g/mol. The summed E-state index contributed by atoms with van der Waals surface area (Å²) in [6, 6.07) is 8.54. The van der Waals surface area contributed by atoms with E-state index in [1.165, 1.54) is 18.4 Å². The standard InChI is InChI=1S/C19H24N4O2/c1-3-15(4-2-14(1)12-23-7-9-24-10-8-23)17-21-18(25-22-17)16-11-19(16)5-6-20-13-19/h1-4,16,20H,5-13H2. The van der Waals surface area contributed by atoms with E-state index in [4.69, 9.17) is 9.26 Å². The number of nitrogens with zero attached hydrogens (tertiary/aromatic N) is 3. The van der Waals surface area contributed by atoms with E-state index in [-0.39, 0.29) is 0 Å². The Morgan fingerprint density at radius 3 is 2.80 bits per heavy atom. The molecule has 1 N–H and O–H groups in total. The van der Waals surface area contributed by atoms with Gasteiger partial charge in [0.05, 0.1) is 13.2 Å². The molecule has 1 spiro atoms. The number of hydrogen-bond acceptors (Lipinski definition) is 6. The topological polar surface area (TPSA) is 63.4 Å². The first-order chi connectivity index (χ1) is 12.3. The minimum atomic E-state index is 0.395. The van der Waals surface area contributed by atoms with Crippen LogP contribution in [-0.4, -0.2) is 54.4 Å². The van der Waals surface area contributed by atoms with Crippen molar-refractivity contribution in [2.75, 3.05) is 39.4 Å². The molecule has 2 aromatic rings. The number of nitrogens with one attached hydrogen (secondary N) is 1. The van der Waals surface area contributed by atoms with Crippen LogP contribution in [0.1, 0.15) is 30.2 Å². The molecule has 25 heavy (non-hydrogen) atoms. The summed E-state index contributed by atoms with van der Waals surface area (Å²) in [5, 5.41) is 7.67. The largest absolute Gasteiger partial charge is 0.379 e. The molecule has 1 aromatic carbocycles. The third-order valence-corrected chi connectivity index (χ3v) is 5.93. The van der Waals surface area contributed by atoms with E-state index in [0.29, 0.717) is 17.2 Å². The fourth-order valence-electron chi connectivity index (χ4n) is 4.20. The molecule has 6 heteroatoms. The molecular weight excluding hydrogens is 316 g/mol. The van der Waals surface area contributed by atoms with Crippen LogP contribution in [-0.2, 0) is 11.3 Å². The number of ether oxygens (including phenoxy) is 1. The third-order valence-electron chi connectivity index (χ3n) is 5.93. The average Bonchev–Trinajstić information content (AvgIpc) is 3.01. The lowest BCUT2D eigenvalue weighted by Crippen LogP contribution is -2.35. The molecule has 5 rings (SSSR count). The Labute approximate surface area is 147 Å². The van der Waals surface area contributed by atoms with Gasteiger partial charge < -0.3 is 14.6 Å². The molecule has 3 fully saturated rings. The number of benzene rings is 1. The number of hydrogen-bond donors (Lipinski definition) is 1. The van der Waals surface area contributed by atoms with Gasteiger partial charge in [-0.05, 0) is 30.4 Å². The molecular formula is C19H24N4O2. The first-order valence-corrected chi connectivity index (χ1v) is 9.26. The van der Waals surface area contributed by atoms with Crippen LogP contribution in [0, 0.1) is 5.41 Å². The molecule has 6 nitrogen and oxygen atoms in total. The zero-order valence-corrected chi connectivity index (χ0v) is 14.4. The van der Waals surface area contributed by atoms with Crippen LogP contribution in [0.4, 0.5) is 0 Å². The van der Waals surface area contributed by atoms with Crippen molar-refractivity contribution in [3.8, 4) is 11.4 Å². The van der Waals surface area contributed by atoms with E-state index in [1.807, 2.05) is 0 Å². The lowest BCUT2D eigenvalue weighted by atomic mass is 10.0. The fraction of sp³-hybridized carbons (Fsp3) is 0.579. The Balaban J connectivity index is 1.26. The number of rotatable bonds is 4. The zero-order chi connectivity index (χ0) is 16.7. The van der Waals surface area contributed by atoms with Gasteiger partial charge in [0.15, 0.2) is 0 Å². The van der Waals surface area contributed by atoms with Gasteiger partial charge in [-0.25, -0.2) is 0 Å². The minimum Gasteiger partial charge on any atom is -0.379 e. The van der Waals surface area contributed by atoms with Crippen LogP contribution in [0.25, 0.3) is 11.4 Å². The summed E-state index contributed by atoms with van der Waals surface area (Å²) in [4.78, 5) is 7.10. The summed E-state index contributed by atoms with van der Waals surface area (Å²) >= 11 is 0. The van der Waals surface area contributed by atoms with Crippen LogP contribution >= 0.6 is 0 Å². The molecule has 3 aliphatic rings. The minimum absolute atomic E-state index is 0.395. The van der Waals surface area contributed by atoms with Gasteiger partial charge in [-0.15, -0.1) is 0 Å². The van der Waals surface area contributed by atoms with Crippen LogP contribution in [0.15, 0.2) is 28.8 Å². The molecule has 2 aliphatic heterocycles. The Bertz CT molecular complexity index is 730. The van der Waals surface area contributed by atoms with E-state index in [0.717, 1.165) is 57.4 Å². The zero-order valence-electron chi connectivity index (χ0n) is 14.4. The molecule has 2 unspecified atom stereocenters. The lowest BCUT2D eigenvalue weighted by Gasteiger charge is -2.26. The molecule has 132 valence electrons. The van der Waals surface area contributed by atoms with Gasteiger partial charge in [0.25, 0.3) is 0 Å². The molecule has 0 bridgehead atoms. The molecule has 0 amide bonds. The Morgan fingerprint density at radius 2 is 2.04 bits per heavy atom. The van der Waals surface area contributed by atoms with Gasteiger partial charge >= 0.3 is 0 Å². The number of morpholine rings is 1. The first-order valence-electron chi connectivity index (χ1n) is 9.26. The molecule has 1 saturated carbocycles. The lowest BCUT2D eigenvalue weighted by molar-refractivity contribution is 0.0342. The second-order valence-electron chi connectivity index (χ2n) is 7.59. The van der Waals surface area contributed by atoms with E-state index < -0.39 is 0 Å². The second-order valence-corrected chi connectivity index (χ2v) is 7.59. The van der Waals surface area contributed by atoms with Crippen LogP contribution in [0.5, 0.6) is 0 Å². The summed E-state index contributed by atoms with van der Waals surface area (Å²) in [6.07, 6.45) is 2.41. The Hall–Kier alpha value is -1.76. The van der Waals surface area contributed by atoms with Gasteiger partial charge in [0.1, 0.15) is 0 Å². The predicted octanol–water partition coefficient (Wildman–Crippen LogP) is 2.04. The summed E-state index contributed by atoms with van der Waals surface area (Å²) in [6.45, 7) is 6.86. The van der Waals surface area contributed by atoms with Crippen LogP contribution in [0.3, 0.4) is 0 Å². The molecule has 2 saturated heterocycles. The normalized spacial score (nSPS) is 29.4. The fourth-order valence-corrected chi connectivity index (χ4v) is 4.20. The third kappa shape index (κ3) is 2.99. The Morgan fingerprint density at radius 1 is 1.20 bits per heavy atom. The van der Waals surface area contributed by atoms with Crippen molar-refractivity contribution < 1.29 is 9.26 Å². The van der Waals surface area contributed by atoms with E-state index in [2.05, 4.69) is 44.6 Å². The Kier molecular flexibility index (Phi) is 3.84. The maximum Gasteiger partial charge on any atom is 0.230 e. The maximum atomic E-state index is 5.57. The number of aromatic nitrogens is 2. The molecule has 0 radical (unpaired) electrons. The van der Waals surface area contributed by atoms with Crippen molar-refractivity contribution in [1.82, 2.24) is 20.4 Å². The highest BCUT2D eigenvalue weighted by molar-refractivity contribution is 5.54. The highest BCUT2D eigenvalue weighted by Crippen LogP contribution is 2.62. The van der Waals surface area contributed by atoms with Crippen molar-refractivity contribution in [3.63, 3.8) is 0 Å². The maximum absolute atomic E-state index is 5.57. The summed E-state index contributed by atoms with van der Waals surface area (Å²) < 4.78 is 11.0. The second kappa shape index (κ2) is 6.20. The van der Waals surface area contributed by atoms with Crippen molar-refractivity contribution in [2.45, 2.75) is 25.3 Å². The van der Waals surface area contributed by atoms with Crippen LogP contribution < -0.4 is 5.32 Å². The quantitative estimate of drug-likeness (QED) is 0.919. The molecule has 1 aliphatic carbocycles. The van der Waals surface area contributed by atoms with Crippen molar-refractivity contribution in [3.05, 3.63) is 35.7 Å². The summed E-state index contributed by atoms with van der Waals surface area (Å²) in [5.74, 6) is 1.97. The first kappa shape index (κ1) is 15.5. The summed E-state index contributed by atoms with van der Waals surface area (Å²) in [7, 11) is 0. The highest BCUT2D eigenvalue weighted by Gasteiger charge is 2.58. The van der Waals surface area contributed by atoms with E-state index in [1.54, 1.807) is 0 Å². The highest BCUT2D eigenvalue weighted by atomic mass is 16.5. The van der Waals surface area contributed by atoms with Crippen LogP contribution in [0.2, 0.25) is 0 Å². The predicted molar refractivity (Wildman–Crippen MR) is 93.1 cm³/mol. The van der Waals surface area contributed by atoms with Gasteiger partial charge in [-0.3, -0.25) is 4.90 Å². The SMILES string of the molecule is c1cc(-c2noc(C3CC34CCNC4)n2)ccc1CN1CCOCC1. The van der Waals surface area contributed by atoms with Crippen molar-refractivity contribution >= 4 is 0 Å². The summed E-state index contributed by atoms with van der Waals surface area (Å²) in [5.41, 5.74) is 2.73. The smallest absolute Gasteiger partial charge is 0.230 e. The van der Waals surface area contributed by atoms with Crippen molar-refractivity contribution in [1.29, 1.82) is 0 Å². The molecule has 2 atom stereocenters. The van der Waals surface area contributed by atoms with E-state index >= 15 is 0 Å². The average molecular weight is 340 g/mol. The molecule has 1 aromatic heterocycles. The van der Waals surface area contributed by atoms with Gasteiger partial charge in [-0.2, -0.15) is 4.98 Å².